The lowest BCUT2D eigenvalue weighted by Crippen LogP contribution is -2.56. The summed E-state index contributed by atoms with van der Waals surface area (Å²) >= 11 is 1.39. The second kappa shape index (κ2) is 11.2. The zero-order valence-corrected chi connectivity index (χ0v) is 22.1. The molecule has 38 heavy (non-hydrogen) atoms. The number of urea groups is 1. The Bertz CT molecular complexity index is 1210. The number of piperazine rings is 1. The number of hydrogen-bond acceptors (Lipinski definition) is 6. The van der Waals surface area contributed by atoms with Crippen molar-refractivity contribution in [3.63, 3.8) is 0 Å². The summed E-state index contributed by atoms with van der Waals surface area (Å²) in [5.74, 6) is -0.686. The van der Waals surface area contributed by atoms with Crippen LogP contribution in [0.15, 0.2) is 53.0 Å². The molecule has 8 nitrogen and oxygen atoms in total. The van der Waals surface area contributed by atoms with Gasteiger partial charge < -0.3 is 15.0 Å². The molecule has 2 atom stereocenters. The van der Waals surface area contributed by atoms with Crippen LogP contribution >= 0.6 is 11.3 Å². The van der Waals surface area contributed by atoms with Crippen molar-refractivity contribution in [2.75, 3.05) is 39.8 Å². The van der Waals surface area contributed by atoms with E-state index in [1.165, 1.54) is 35.4 Å². The zero-order valence-electron chi connectivity index (χ0n) is 21.2. The van der Waals surface area contributed by atoms with Gasteiger partial charge in [-0.2, -0.15) is 13.2 Å². The molecular formula is C26H29F3N4O4S. The lowest BCUT2D eigenvalue weighted by atomic mass is 9.93. The average molecular weight is 551 g/mol. The summed E-state index contributed by atoms with van der Waals surface area (Å²) in [6.45, 7) is 5.41. The minimum Gasteiger partial charge on any atom is -0.463 e. The second-order valence-corrected chi connectivity index (χ2v) is 10.1. The van der Waals surface area contributed by atoms with Gasteiger partial charge >= 0.3 is 18.2 Å². The molecule has 1 aromatic carbocycles. The van der Waals surface area contributed by atoms with E-state index < -0.39 is 29.8 Å². The van der Waals surface area contributed by atoms with Crippen molar-refractivity contribution in [3.8, 4) is 0 Å². The van der Waals surface area contributed by atoms with Gasteiger partial charge in [0.15, 0.2) is 0 Å². The van der Waals surface area contributed by atoms with Gasteiger partial charge in [0.1, 0.15) is 0 Å². The number of halogens is 3. The van der Waals surface area contributed by atoms with Gasteiger partial charge in [0.05, 0.1) is 28.7 Å². The van der Waals surface area contributed by atoms with Crippen LogP contribution in [0.25, 0.3) is 0 Å². The Morgan fingerprint density at radius 3 is 2.45 bits per heavy atom. The molecule has 1 N–H and O–H groups in total. The number of benzene rings is 1. The lowest BCUT2D eigenvalue weighted by Gasteiger charge is -2.42. The Morgan fingerprint density at radius 2 is 1.87 bits per heavy atom. The van der Waals surface area contributed by atoms with E-state index in [4.69, 9.17) is 4.74 Å². The van der Waals surface area contributed by atoms with Crippen molar-refractivity contribution in [2.24, 2.45) is 0 Å². The molecule has 2 aromatic rings. The van der Waals surface area contributed by atoms with Crippen molar-refractivity contribution in [3.05, 3.63) is 69.1 Å². The van der Waals surface area contributed by atoms with Crippen LogP contribution in [0.3, 0.4) is 0 Å². The summed E-state index contributed by atoms with van der Waals surface area (Å²) in [6, 6.07) is 6.41. The van der Waals surface area contributed by atoms with Crippen LogP contribution in [0.5, 0.6) is 0 Å². The third-order valence-electron chi connectivity index (χ3n) is 6.72. The van der Waals surface area contributed by atoms with E-state index in [1.807, 2.05) is 23.3 Å². The fourth-order valence-corrected chi connectivity index (χ4v) is 5.42. The molecular weight excluding hydrogens is 521 g/mol. The fraction of sp³-hybridized carbons (Fsp3) is 0.423. The van der Waals surface area contributed by atoms with Gasteiger partial charge in [-0.15, -0.1) is 11.3 Å². The highest BCUT2D eigenvalue weighted by Gasteiger charge is 2.39. The van der Waals surface area contributed by atoms with Crippen LogP contribution in [0, 0.1) is 0 Å². The van der Waals surface area contributed by atoms with Gasteiger partial charge in [-0.3, -0.25) is 14.6 Å². The summed E-state index contributed by atoms with van der Waals surface area (Å²) in [6.07, 6.45) is -4.51. The van der Waals surface area contributed by atoms with E-state index in [-0.39, 0.29) is 30.7 Å². The van der Waals surface area contributed by atoms with Gasteiger partial charge in [0.25, 0.3) is 5.91 Å². The Kier molecular flexibility index (Phi) is 8.12. The number of alkyl halides is 3. The maximum Gasteiger partial charge on any atom is 0.416 e. The van der Waals surface area contributed by atoms with Crippen molar-refractivity contribution >= 4 is 29.2 Å². The van der Waals surface area contributed by atoms with Gasteiger partial charge in [0.2, 0.25) is 0 Å². The smallest absolute Gasteiger partial charge is 0.416 e. The summed E-state index contributed by atoms with van der Waals surface area (Å²) in [7, 11) is 1.53. The molecule has 1 aromatic heterocycles. The molecule has 0 unspecified atom stereocenters. The zero-order chi connectivity index (χ0) is 27.6. The van der Waals surface area contributed by atoms with Crippen molar-refractivity contribution in [1.82, 2.24) is 20.0 Å². The number of thiophene rings is 1. The molecule has 204 valence electrons. The summed E-state index contributed by atoms with van der Waals surface area (Å²) in [5.41, 5.74) is 0.0758. The van der Waals surface area contributed by atoms with Gasteiger partial charge in [-0.25, -0.2) is 9.59 Å². The molecule has 3 amide bonds. The molecule has 3 heterocycles. The average Bonchev–Trinajstić information content (AvgIpc) is 3.41. The van der Waals surface area contributed by atoms with Crippen LogP contribution in [0.2, 0.25) is 0 Å². The Balaban J connectivity index is 1.62. The number of nitrogens with zero attached hydrogens (tertiary/aromatic N) is 3. The molecule has 1 saturated heterocycles. The molecule has 2 aliphatic rings. The molecule has 2 aliphatic heterocycles. The number of nitrogens with one attached hydrogen (secondary N) is 1. The topological polar surface area (TPSA) is 82.2 Å². The molecule has 0 spiro atoms. The van der Waals surface area contributed by atoms with Crippen LogP contribution in [0.4, 0.5) is 18.0 Å². The predicted octanol–water partition coefficient (Wildman–Crippen LogP) is 4.13. The van der Waals surface area contributed by atoms with Gasteiger partial charge in [-0.05, 0) is 43.0 Å². The molecule has 0 radical (unpaired) electrons. The maximum absolute atomic E-state index is 13.1. The first-order valence-corrected chi connectivity index (χ1v) is 13.1. The number of carbonyl (C=O) groups excluding carboxylic acids is 3. The Hall–Kier alpha value is -3.38. The van der Waals surface area contributed by atoms with E-state index in [0.717, 1.165) is 12.1 Å². The number of amides is 3. The SMILES string of the molecule is CCOC(=O)C1=C(CN2CCN(C(=O)c3cccs3)[C@@H](C)C2)N(C)C(=O)N[C@@H]1c1ccc(C(F)(F)F)cc1. The highest BCUT2D eigenvalue weighted by molar-refractivity contribution is 7.12. The van der Waals surface area contributed by atoms with Crippen LogP contribution in [-0.2, 0) is 15.7 Å². The van der Waals surface area contributed by atoms with E-state index in [2.05, 4.69) is 10.2 Å². The number of ether oxygens (including phenoxy) is 1. The first-order chi connectivity index (χ1) is 18.0. The monoisotopic (exact) mass is 550 g/mol. The van der Waals surface area contributed by atoms with Crippen LogP contribution < -0.4 is 5.32 Å². The molecule has 12 heteroatoms. The number of likely N-dealkylation sites (N-methyl/N-ethyl adjacent to an activating group) is 1. The molecule has 0 saturated carbocycles. The van der Waals surface area contributed by atoms with Gasteiger partial charge in [0, 0.05) is 45.0 Å². The molecule has 4 rings (SSSR count). The minimum atomic E-state index is -4.51. The first-order valence-electron chi connectivity index (χ1n) is 12.2. The molecule has 0 bridgehead atoms. The normalized spacial score (nSPS) is 20.9. The minimum absolute atomic E-state index is 0.0323. The summed E-state index contributed by atoms with van der Waals surface area (Å²) in [4.78, 5) is 44.8. The number of esters is 1. The Morgan fingerprint density at radius 1 is 1.16 bits per heavy atom. The van der Waals surface area contributed by atoms with Crippen molar-refractivity contribution in [2.45, 2.75) is 32.1 Å². The van der Waals surface area contributed by atoms with Gasteiger partial charge in [-0.1, -0.05) is 18.2 Å². The van der Waals surface area contributed by atoms with E-state index in [0.29, 0.717) is 35.8 Å². The van der Waals surface area contributed by atoms with Crippen molar-refractivity contribution < 1.29 is 32.3 Å². The Labute approximate surface area is 222 Å². The van der Waals surface area contributed by atoms with E-state index >= 15 is 0 Å². The number of carbonyl (C=O) groups is 3. The maximum atomic E-state index is 13.1. The number of rotatable bonds is 6. The highest BCUT2D eigenvalue weighted by Crippen LogP contribution is 2.34. The van der Waals surface area contributed by atoms with Crippen LogP contribution in [0.1, 0.15) is 40.7 Å². The summed E-state index contributed by atoms with van der Waals surface area (Å²) in [5, 5.41) is 4.58. The van der Waals surface area contributed by atoms with Crippen molar-refractivity contribution in [1.29, 1.82) is 0 Å². The second-order valence-electron chi connectivity index (χ2n) is 9.20. The quantitative estimate of drug-likeness (QED) is 0.548. The number of hydrogen-bond donors (Lipinski definition) is 1. The third kappa shape index (κ3) is 5.70. The molecule has 1 fully saturated rings. The molecule has 0 aliphatic carbocycles. The third-order valence-corrected chi connectivity index (χ3v) is 7.58. The van der Waals surface area contributed by atoms with E-state index in [1.54, 1.807) is 13.0 Å². The first kappa shape index (κ1) is 27.6. The highest BCUT2D eigenvalue weighted by atomic mass is 32.1. The largest absolute Gasteiger partial charge is 0.463 e. The fourth-order valence-electron chi connectivity index (χ4n) is 4.74. The predicted molar refractivity (Wildman–Crippen MR) is 135 cm³/mol. The standard InChI is InChI=1S/C26H29F3N4O4S/c1-4-37-24(35)21-19(15-32-11-12-33(16(2)14-32)23(34)20-6-5-13-38-20)31(3)25(36)30-22(21)17-7-9-18(10-8-17)26(27,28)29/h5-10,13,16,22H,4,11-12,14-15H2,1-3H3,(H,30,36)/t16-,22+/m0/s1. The van der Waals surface area contributed by atoms with E-state index in [9.17, 15) is 27.6 Å². The summed E-state index contributed by atoms with van der Waals surface area (Å²) < 4.78 is 44.6. The lowest BCUT2D eigenvalue weighted by molar-refractivity contribution is -0.139. The van der Waals surface area contributed by atoms with Crippen LogP contribution in [-0.4, -0.2) is 78.5 Å².